The molecule has 0 radical (unpaired) electrons. The summed E-state index contributed by atoms with van der Waals surface area (Å²) in [4.78, 5) is 7.15. The van der Waals surface area contributed by atoms with Crippen LogP contribution in [0.1, 0.15) is 5.56 Å². The molecule has 0 saturated carbocycles. The Hall–Kier alpha value is -7.54. The summed E-state index contributed by atoms with van der Waals surface area (Å²) in [6.45, 7) is 2.10. The van der Waals surface area contributed by atoms with E-state index in [1.807, 2.05) is 11.3 Å². The van der Waals surface area contributed by atoms with Gasteiger partial charge < -0.3 is 19.4 Å². The quantitative estimate of drug-likeness (QED) is 0.149. The number of hydrogen-bond acceptors (Lipinski definition) is 5. The van der Waals surface area contributed by atoms with Crippen molar-refractivity contribution in [2.45, 2.75) is 6.92 Å². The molecule has 0 atom stereocenters. The molecular formula is C55H38BN3OS. The van der Waals surface area contributed by atoms with Crippen LogP contribution >= 0.6 is 11.3 Å². The van der Waals surface area contributed by atoms with Gasteiger partial charge in [-0.3, -0.25) is 0 Å². The highest BCUT2D eigenvalue weighted by atomic mass is 32.1. The third kappa shape index (κ3) is 5.82. The molecule has 0 spiro atoms. The minimum atomic E-state index is -0.0474. The molecule has 0 fully saturated rings. The lowest BCUT2D eigenvalue weighted by molar-refractivity contribution is 0.487. The standard InChI is InChI=1S/C55H38BN3OS/c1-37-27-29-41(30-28-37)58(49-24-13-22-45-44-21-11-12-26-53(44)61-55(45)49)43-32-34-47-52(36-43)60-51-25-14-23-48-54(51)56(47)46-33-31-42(35-50(46)59(48)40-19-9-4-10-20-40)57(38-15-5-2-6-16-38)39-17-7-3-8-18-39/h2-36H,1H3. The van der Waals surface area contributed by atoms with Gasteiger partial charge in [-0.05, 0) is 114 Å². The van der Waals surface area contributed by atoms with Crippen molar-refractivity contribution in [3.05, 3.63) is 218 Å². The van der Waals surface area contributed by atoms with E-state index in [0.717, 1.165) is 68.1 Å². The summed E-state index contributed by atoms with van der Waals surface area (Å²) in [6, 6.07) is 76.6. The first-order valence-corrected chi connectivity index (χ1v) is 21.6. The molecule has 0 aliphatic carbocycles. The fourth-order valence-electron chi connectivity index (χ4n) is 9.42. The normalized spacial score (nSPS) is 12.4. The molecule has 6 heteroatoms. The maximum atomic E-state index is 7.06. The Kier molecular flexibility index (Phi) is 8.32. The van der Waals surface area contributed by atoms with Crippen molar-refractivity contribution >= 4 is 106 Å². The van der Waals surface area contributed by atoms with Gasteiger partial charge >= 0.3 is 0 Å². The van der Waals surface area contributed by atoms with Crippen molar-refractivity contribution in [2.24, 2.45) is 0 Å². The average Bonchev–Trinajstić information content (AvgIpc) is 3.70. The summed E-state index contributed by atoms with van der Waals surface area (Å²) in [5.74, 6) is 1.75. The molecule has 0 unspecified atom stereocenters. The zero-order chi connectivity index (χ0) is 40.4. The van der Waals surface area contributed by atoms with Crippen LogP contribution < -0.4 is 35.8 Å². The van der Waals surface area contributed by atoms with E-state index in [2.05, 4.69) is 234 Å². The van der Waals surface area contributed by atoms with Crippen LogP contribution in [0.5, 0.6) is 11.5 Å². The summed E-state index contributed by atoms with van der Waals surface area (Å²) in [6.07, 6.45) is 0. The fourth-order valence-corrected chi connectivity index (χ4v) is 10.6. The number of anilines is 9. The van der Waals surface area contributed by atoms with Crippen molar-refractivity contribution in [3.63, 3.8) is 0 Å². The topological polar surface area (TPSA) is 19.0 Å². The van der Waals surface area contributed by atoms with Gasteiger partial charge in [-0.25, -0.2) is 0 Å². The second-order valence-electron chi connectivity index (χ2n) is 15.8. The van der Waals surface area contributed by atoms with Gasteiger partial charge in [0.1, 0.15) is 11.5 Å². The van der Waals surface area contributed by atoms with Crippen LogP contribution in [0, 0.1) is 6.92 Å². The first-order valence-electron chi connectivity index (χ1n) is 20.8. The number of rotatable bonds is 7. The van der Waals surface area contributed by atoms with Crippen molar-refractivity contribution < 1.29 is 4.74 Å². The van der Waals surface area contributed by atoms with Crippen LogP contribution in [-0.4, -0.2) is 6.71 Å². The molecule has 2 aliphatic rings. The number of benzene rings is 9. The van der Waals surface area contributed by atoms with Crippen molar-refractivity contribution in [1.29, 1.82) is 0 Å². The van der Waals surface area contributed by atoms with E-state index in [9.17, 15) is 0 Å². The SMILES string of the molecule is Cc1ccc(N(c2ccc3c(c2)Oc2cccc4c2B3c2ccc(N(c3ccccc3)c3ccccc3)cc2N4c2ccccc2)c2cccc3c2sc2ccccc23)cc1. The van der Waals surface area contributed by atoms with Gasteiger partial charge in [0.25, 0.3) is 6.71 Å². The summed E-state index contributed by atoms with van der Waals surface area (Å²) in [7, 11) is 0. The number of aryl methyl sites for hydroxylation is 1. The van der Waals surface area contributed by atoms with Crippen LogP contribution in [0.3, 0.4) is 0 Å². The fraction of sp³-hybridized carbons (Fsp3) is 0.0182. The molecule has 1 aromatic heterocycles. The highest BCUT2D eigenvalue weighted by Gasteiger charge is 2.42. The number of hydrogen-bond donors (Lipinski definition) is 0. The molecule has 3 heterocycles. The molecule has 0 bridgehead atoms. The van der Waals surface area contributed by atoms with Gasteiger partial charge in [-0.1, -0.05) is 121 Å². The molecule has 288 valence electrons. The Balaban J connectivity index is 1.05. The minimum Gasteiger partial charge on any atom is -0.458 e. The van der Waals surface area contributed by atoms with Crippen molar-refractivity contribution in [1.82, 2.24) is 0 Å². The highest BCUT2D eigenvalue weighted by molar-refractivity contribution is 7.26. The number of para-hydroxylation sites is 3. The van der Waals surface area contributed by atoms with E-state index in [0.29, 0.717) is 0 Å². The second kappa shape index (κ2) is 14.3. The van der Waals surface area contributed by atoms with Crippen LogP contribution in [0.4, 0.5) is 51.2 Å². The summed E-state index contributed by atoms with van der Waals surface area (Å²) in [5, 5.41) is 2.55. The summed E-state index contributed by atoms with van der Waals surface area (Å²) >= 11 is 1.85. The van der Waals surface area contributed by atoms with Crippen LogP contribution in [-0.2, 0) is 0 Å². The van der Waals surface area contributed by atoms with E-state index >= 15 is 0 Å². The Labute approximate surface area is 359 Å². The maximum absolute atomic E-state index is 7.06. The number of nitrogens with zero attached hydrogens (tertiary/aromatic N) is 3. The Morgan fingerprint density at radius 3 is 1.82 bits per heavy atom. The third-order valence-corrected chi connectivity index (χ3v) is 13.4. The molecule has 9 aromatic carbocycles. The molecule has 4 nitrogen and oxygen atoms in total. The number of ether oxygens (including phenoxy) is 1. The van der Waals surface area contributed by atoms with E-state index in [1.165, 1.54) is 36.7 Å². The van der Waals surface area contributed by atoms with Gasteiger partial charge in [-0.15, -0.1) is 11.3 Å². The molecular weight excluding hydrogens is 762 g/mol. The zero-order valence-electron chi connectivity index (χ0n) is 33.4. The van der Waals surface area contributed by atoms with Gasteiger partial charge in [0, 0.05) is 67.0 Å². The highest BCUT2D eigenvalue weighted by Crippen LogP contribution is 2.47. The van der Waals surface area contributed by atoms with Gasteiger partial charge in [0.05, 0.1) is 10.4 Å². The molecule has 0 N–H and O–H groups in total. The third-order valence-electron chi connectivity index (χ3n) is 12.1. The molecule has 0 saturated heterocycles. The first-order chi connectivity index (χ1) is 30.2. The molecule has 12 rings (SSSR count). The Bertz CT molecular complexity index is 3220. The van der Waals surface area contributed by atoms with E-state index in [-0.39, 0.29) is 6.71 Å². The molecule has 2 aliphatic heterocycles. The predicted octanol–water partition coefficient (Wildman–Crippen LogP) is 13.7. The Morgan fingerprint density at radius 1 is 0.459 bits per heavy atom. The summed E-state index contributed by atoms with van der Waals surface area (Å²) < 4.78 is 9.61. The van der Waals surface area contributed by atoms with Crippen molar-refractivity contribution in [3.8, 4) is 11.5 Å². The number of thiophene rings is 1. The van der Waals surface area contributed by atoms with Gasteiger partial charge in [-0.2, -0.15) is 0 Å². The number of fused-ring (bicyclic) bond motifs is 7. The monoisotopic (exact) mass is 799 g/mol. The molecule has 0 amide bonds. The maximum Gasteiger partial charge on any atom is 0.256 e. The minimum absolute atomic E-state index is 0.0474. The lowest BCUT2D eigenvalue weighted by atomic mass is 9.34. The molecule has 61 heavy (non-hydrogen) atoms. The van der Waals surface area contributed by atoms with Gasteiger partial charge in [0.15, 0.2) is 0 Å². The smallest absolute Gasteiger partial charge is 0.256 e. The Morgan fingerprint density at radius 2 is 1.07 bits per heavy atom. The van der Waals surface area contributed by atoms with E-state index in [1.54, 1.807) is 0 Å². The predicted molar refractivity (Wildman–Crippen MR) is 259 cm³/mol. The zero-order valence-corrected chi connectivity index (χ0v) is 34.3. The van der Waals surface area contributed by atoms with Crippen LogP contribution in [0.2, 0.25) is 0 Å². The molecule has 10 aromatic rings. The average molecular weight is 800 g/mol. The lowest BCUT2D eigenvalue weighted by Gasteiger charge is -2.41. The lowest BCUT2D eigenvalue weighted by Crippen LogP contribution is -2.59. The second-order valence-corrected chi connectivity index (χ2v) is 16.8. The van der Waals surface area contributed by atoms with Crippen LogP contribution in [0.15, 0.2) is 212 Å². The van der Waals surface area contributed by atoms with Crippen molar-refractivity contribution in [2.75, 3.05) is 14.7 Å². The van der Waals surface area contributed by atoms with Gasteiger partial charge in [0.2, 0.25) is 0 Å². The first kappa shape index (κ1) is 35.4. The summed E-state index contributed by atoms with van der Waals surface area (Å²) in [5.41, 5.74) is 14.7. The van der Waals surface area contributed by atoms with E-state index in [4.69, 9.17) is 4.74 Å². The van der Waals surface area contributed by atoms with Crippen LogP contribution in [0.25, 0.3) is 20.2 Å². The largest absolute Gasteiger partial charge is 0.458 e. The van der Waals surface area contributed by atoms with E-state index < -0.39 is 0 Å².